The Bertz CT molecular complexity index is 1190. The van der Waals surface area contributed by atoms with Crippen molar-refractivity contribution in [2.75, 3.05) is 20.3 Å². The SMILES string of the molecule is C=CCN1C(=O)C(=Cc2ccc(OCC(=O)O)c(OC)c2)SC1=NNC(=O)c1ccccc1O. The molecule has 0 saturated carbocycles. The second-order valence-electron chi connectivity index (χ2n) is 6.76. The summed E-state index contributed by atoms with van der Waals surface area (Å²) in [7, 11) is 1.42. The molecule has 3 rings (SSSR count). The fraction of sp³-hybridized carbons (Fsp3) is 0.130. The zero-order valence-corrected chi connectivity index (χ0v) is 18.9. The van der Waals surface area contributed by atoms with Gasteiger partial charge in [-0.25, -0.2) is 10.2 Å². The van der Waals surface area contributed by atoms with Gasteiger partial charge in [-0.3, -0.25) is 14.5 Å². The van der Waals surface area contributed by atoms with Crippen LogP contribution in [-0.4, -0.2) is 58.3 Å². The lowest BCUT2D eigenvalue weighted by atomic mass is 10.2. The number of hydrogen-bond donors (Lipinski definition) is 3. The largest absolute Gasteiger partial charge is 0.507 e. The lowest BCUT2D eigenvalue weighted by Gasteiger charge is -2.12. The van der Waals surface area contributed by atoms with Gasteiger partial charge in [-0.05, 0) is 47.7 Å². The second kappa shape index (κ2) is 11.1. The minimum atomic E-state index is -1.12. The van der Waals surface area contributed by atoms with Gasteiger partial charge < -0.3 is 19.7 Å². The first-order chi connectivity index (χ1) is 16.3. The van der Waals surface area contributed by atoms with Crippen LogP contribution in [0.25, 0.3) is 6.08 Å². The average Bonchev–Trinajstić information content (AvgIpc) is 3.11. The molecule has 1 fully saturated rings. The number of thioether (sulfide) groups is 1. The fourth-order valence-electron chi connectivity index (χ4n) is 2.89. The summed E-state index contributed by atoms with van der Waals surface area (Å²) in [6.07, 6.45) is 3.14. The number of phenolic OH excluding ortho intramolecular Hbond substituents is 1. The molecule has 0 aromatic heterocycles. The van der Waals surface area contributed by atoms with Crippen LogP contribution in [0.4, 0.5) is 0 Å². The van der Waals surface area contributed by atoms with Crippen molar-refractivity contribution in [1.82, 2.24) is 10.3 Å². The summed E-state index contributed by atoms with van der Waals surface area (Å²) in [6, 6.07) is 10.8. The summed E-state index contributed by atoms with van der Waals surface area (Å²) in [6.45, 7) is 3.30. The first-order valence-electron chi connectivity index (χ1n) is 9.85. The molecule has 0 unspecified atom stereocenters. The number of aliphatic carboxylic acids is 1. The van der Waals surface area contributed by atoms with Gasteiger partial charge in [0.25, 0.3) is 11.8 Å². The number of carboxylic acids is 1. The molecule has 1 aliphatic rings. The van der Waals surface area contributed by atoms with E-state index in [0.717, 1.165) is 11.8 Å². The van der Waals surface area contributed by atoms with Crippen LogP contribution in [0.5, 0.6) is 17.2 Å². The molecule has 1 saturated heterocycles. The number of phenols is 1. The summed E-state index contributed by atoms with van der Waals surface area (Å²) in [5.74, 6) is -1.73. The maximum absolute atomic E-state index is 12.9. The van der Waals surface area contributed by atoms with Gasteiger partial charge in [-0.15, -0.1) is 11.7 Å². The number of carboxylic acid groups (broad SMARTS) is 1. The molecule has 34 heavy (non-hydrogen) atoms. The molecule has 0 spiro atoms. The summed E-state index contributed by atoms with van der Waals surface area (Å²) >= 11 is 1.05. The van der Waals surface area contributed by atoms with E-state index >= 15 is 0 Å². The van der Waals surface area contributed by atoms with Crippen molar-refractivity contribution < 1.29 is 34.1 Å². The molecule has 176 valence electrons. The molecule has 1 heterocycles. The van der Waals surface area contributed by atoms with Crippen LogP contribution in [0.3, 0.4) is 0 Å². The highest BCUT2D eigenvalue weighted by molar-refractivity contribution is 8.18. The van der Waals surface area contributed by atoms with Crippen molar-refractivity contribution in [3.63, 3.8) is 0 Å². The van der Waals surface area contributed by atoms with E-state index in [0.29, 0.717) is 16.2 Å². The normalized spacial score (nSPS) is 15.4. The average molecular weight is 484 g/mol. The number of aromatic hydroxyl groups is 1. The highest BCUT2D eigenvalue weighted by atomic mass is 32.2. The number of hydrazone groups is 1. The van der Waals surface area contributed by atoms with Gasteiger partial charge in [0.1, 0.15) is 5.75 Å². The monoisotopic (exact) mass is 483 g/mol. The number of benzene rings is 2. The van der Waals surface area contributed by atoms with Gasteiger partial charge in [0.05, 0.1) is 17.6 Å². The fourth-order valence-corrected chi connectivity index (χ4v) is 3.84. The van der Waals surface area contributed by atoms with Crippen LogP contribution in [-0.2, 0) is 9.59 Å². The molecule has 11 heteroatoms. The third-order valence-electron chi connectivity index (χ3n) is 4.44. The Hall–Kier alpha value is -4.25. The Balaban J connectivity index is 1.83. The van der Waals surface area contributed by atoms with E-state index in [9.17, 15) is 19.5 Å². The minimum absolute atomic E-state index is 0.0458. The van der Waals surface area contributed by atoms with E-state index in [4.69, 9.17) is 14.6 Å². The first kappa shape index (κ1) is 24.4. The molecule has 0 atom stereocenters. The van der Waals surface area contributed by atoms with E-state index in [1.807, 2.05) is 0 Å². The molecule has 0 aliphatic carbocycles. The maximum atomic E-state index is 12.9. The summed E-state index contributed by atoms with van der Waals surface area (Å²) < 4.78 is 10.4. The number of ether oxygens (including phenoxy) is 2. The molecule has 10 nitrogen and oxygen atoms in total. The third kappa shape index (κ3) is 5.75. The molecule has 0 bridgehead atoms. The first-order valence-corrected chi connectivity index (χ1v) is 10.7. The van der Waals surface area contributed by atoms with Crippen LogP contribution in [0, 0.1) is 0 Å². The number of hydrogen-bond acceptors (Lipinski definition) is 8. The van der Waals surface area contributed by atoms with E-state index in [2.05, 4.69) is 17.1 Å². The molecule has 2 amide bonds. The van der Waals surface area contributed by atoms with E-state index in [-0.39, 0.29) is 34.7 Å². The van der Waals surface area contributed by atoms with Crippen LogP contribution in [0.2, 0.25) is 0 Å². The van der Waals surface area contributed by atoms with Gasteiger partial charge in [0.2, 0.25) is 0 Å². The Labute approximate surface area is 199 Å². The number of nitrogens with one attached hydrogen (secondary N) is 1. The number of nitrogens with zero attached hydrogens (tertiary/aromatic N) is 2. The van der Waals surface area contributed by atoms with Gasteiger partial charge in [0.15, 0.2) is 23.3 Å². The van der Waals surface area contributed by atoms with Crippen molar-refractivity contribution in [2.45, 2.75) is 0 Å². The standard InChI is InChI=1S/C23H21N3O7S/c1-3-10-26-22(31)19(12-14-8-9-17(18(11-14)32-2)33-13-20(28)29)34-23(26)25-24-21(30)15-6-4-5-7-16(15)27/h3-9,11-12,27H,1,10,13H2,2H3,(H,24,30)(H,28,29). The van der Waals surface area contributed by atoms with Crippen LogP contribution in [0.15, 0.2) is 65.1 Å². The number of methoxy groups -OCH3 is 1. The number of rotatable bonds is 9. The molecular formula is C23H21N3O7S. The summed E-state index contributed by atoms with van der Waals surface area (Å²) in [5, 5.41) is 22.9. The minimum Gasteiger partial charge on any atom is -0.507 e. The molecular weight excluding hydrogens is 462 g/mol. The molecule has 3 N–H and O–H groups in total. The lowest BCUT2D eigenvalue weighted by molar-refractivity contribution is -0.139. The van der Waals surface area contributed by atoms with Crippen molar-refractivity contribution in [1.29, 1.82) is 0 Å². The Morgan fingerprint density at radius 2 is 2.00 bits per heavy atom. The number of carbonyl (C=O) groups excluding carboxylic acids is 2. The van der Waals surface area contributed by atoms with Crippen molar-refractivity contribution in [3.05, 3.63) is 71.2 Å². The number of amides is 2. The van der Waals surface area contributed by atoms with Gasteiger partial charge in [-0.2, -0.15) is 0 Å². The summed E-state index contributed by atoms with van der Waals surface area (Å²) in [4.78, 5) is 37.7. The maximum Gasteiger partial charge on any atom is 0.341 e. The van der Waals surface area contributed by atoms with Crippen molar-refractivity contribution in [3.8, 4) is 17.2 Å². The quantitative estimate of drug-likeness (QED) is 0.281. The highest BCUT2D eigenvalue weighted by Gasteiger charge is 2.33. The zero-order chi connectivity index (χ0) is 24.7. The molecule has 2 aromatic carbocycles. The van der Waals surface area contributed by atoms with E-state index < -0.39 is 18.5 Å². The Kier molecular flexibility index (Phi) is 7.93. The zero-order valence-electron chi connectivity index (χ0n) is 18.1. The van der Waals surface area contributed by atoms with Crippen molar-refractivity contribution in [2.24, 2.45) is 5.10 Å². The smallest absolute Gasteiger partial charge is 0.341 e. The predicted octanol–water partition coefficient (Wildman–Crippen LogP) is 2.67. The second-order valence-corrected chi connectivity index (χ2v) is 7.77. The summed E-state index contributed by atoms with van der Waals surface area (Å²) in [5.41, 5.74) is 3.00. The predicted molar refractivity (Wildman–Crippen MR) is 127 cm³/mol. The number of para-hydroxylation sites is 1. The molecule has 0 radical (unpaired) electrons. The van der Waals surface area contributed by atoms with Gasteiger partial charge in [0, 0.05) is 6.54 Å². The molecule has 2 aromatic rings. The topological polar surface area (TPSA) is 138 Å². The van der Waals surface area contributed by atoms with E-state index in [1.165, 1.54) is 30.2 Å². The third-order valence-corrected chi connectivity index (χ3v) is 5.44. The van der Waals surface area contributed by atoms with Crippen LogP contribution >= 0.6 is 11.8 Å². The lowest BCUT2D eigenvalue weighted by Crippen LogP contribution is -2.31. The van der Waals surface area contributed by atoms with Gasteiger partial charge >= 0.3 is 5.97 Å². The van der Waals surface area contributed by atoms with Crippen LogP contribution < -0.4 is 14.9 Å². The number of carbonyl (C=O) groups is 3. The highest BCUT2D eigenvalue weighted by Crippen LogP contribution is 2.34. The Morgan fingerprint density at radius 1 is 1.24 bits per heavy atom. The number of amidine groups is 1. The Morgan fingerprint density at radius 3 is 2.68 bits per heavy atom. The van der Waals surface area contributed by atoms with Crippen LogP contribution in [0.1, 0.15) is 15.9 Å². The molecule has 1 aliphatic heterocycles. The van der Waals surface area contributed by atoms with Crippen molar-refractivity contribution >= 4 is 40.8 Å². The van der Waals surface area contributed by atoms with Gasteiger partial charge in [-0.1, -0.05) is 24.3 Å². The van der Waals surface area contributed by atoms with E-state index in [1.54, 1.807) is 36.4 Å².